The van der Waals surface area contributed by atoms with Gasteiger partial charge in [0.05, 0.1) is 19.1 Å². The van der Waals surface area contributed by atoms with Gasteiger partial charge in [0.25, 0.3) is 0 Å². The van der Waals surface area contributed by atoms with Gasteiger partial charge < -0.3 is 15.0 Å². The Kier molecular flexibility index (Phi) is 10.1. The molecule has 0 heterocycles. The van der Waals surface area contributed by atoms with Crippen molar-refractivity contribution in [2.24, 2.45) is 0 Å². The van der Waals surface area contributed by atoms with Gasteiger partial charge in [-0.15, -0.1) is 0 Å². The second-order valence-electron chi connectivity index (χ2n) is 8.33. The zero-order valence-electron chi connectivity index (χ0n) is 20.8. The molecule has 0 aliphatic carbocycles. The predicted octanol–water partition coefficient (Wildman–Crippen LogP) is 3.32. The Morgan fingerprint density at radius 3 is 2.23 bits per heavy atom. The lowest BCUT2D eigenvalue weighted by Crippen LogP contribution is -2.53. The molecule has 0 saturated heterocycles. The van der Waals surface area contributed by atoms with Gasteiger partial charge in [-0.25, -0.2) is 12.8 Å². The lowest BCUT2D eigenvalue weighted by molar-refractivity contribution is -0.140. The average Bonchev–Trinajstić information content (AvgIpc) is 2.82. The van der Waals surface area contributed by atoms with Gasteiger partial charge in [0, 0.05) is 12.6 Å². The van der Waals surface area contributed by atoms with Crippen molar-refractivity contribution in [2.75, 3.05) is 24.2 Å². The van der Waals surface area contributed by atoms with Crippen LogP contribution in [0.2, 0.25) is 0 Å². The second kappa shape index (κ2) is 12.5. The number of nitrogens with zero attached hydrogens (tertiary/aromatic N) is 2. The summed E-state index contributed by atoms with van der Waals surface area (Å²) >= 11 is 0. The Bertz CT molecular complexity index is 1110. The molecule has 35 heavy (non-hydrogen) atoms. The van der Waals surface area contributed by atoms with Crippen molar-refractivity contribution < 1.29 is 27.1 Å². The van der Waals surface area contributed by atoms with E-state index in [-0.39, 0.29) is 29.9 Å². The average molecular weight is 508 g/mol. The maximum absolute atomic E-state index is 13.6. The molecule has 1 N–H and O–H groups in total. The summed E-state index contributed by atoms with van der Waals surface area (Å²) in [6, 6.07) is 11.1. The highest BCUT2D eigenvalue weighted by atomic mass is 32.2. The maximum Gasteiger partial charge on any atom is 0.244 e. The molecular weight excluding hydrogens is 473 g/mol. The molecule has 0 fully saturated rings. The summed E-state index contributed by atoms with van der Waals surface area (Å²) < 4.78 is 45.1. The van der Waals surface area contributed by atoms with Gasteiger partial charge in [-0.1, -0.05) is 38.1 Å². The number of para-hydroxylation sites is 2. The fourth-order valence-electron chi connectivity index (χ4n) is 3.58. The molecule has 2 atom stereocenters. The molecule has 0 bridgehead atoms. The van der Waals surface area contributed by atoms with Crippen LogP contribution in [0, 0.1) is 5.82 Å². The van der Waals surface area contributed by atoms with Crippen LogP contribution in [0.25, 0.3) is 0 Å². The number of rotatable bonds is 12. The number of nitrogens with one attached hydrogen (secondary N) is 1. The third kappa shape index (κ3) is 7.68. The number of carbonyl (C=O) groups excluding carboxylic acids is 2. The Balaban J connectivity index is 2.46. The molecule has 0 spiro atoms. The number of amides is 2. The van der Waals surface area contributed by atoms with Crippen LogP contribution in [-0.2, 0) is 26.2 Å². The molecular formula is C25H34FN3O5S. The molecule has 0 aromatic heterocycles. The molecule has 8 nitrogen and oxygen atoms in total. The molecule has 0 saturated carbocycles. The first kappa shape index (κ1) is 28.1. The van der Waals surface area contributed by atoms with Gasteiger partial charge in [-0.3, -0.25) is 13.9 Å². The number of sulfonamides is 1. The van der Waals surface area contributed by atoms with E-state index in [0.29, 0.717) is 18.4 Å². The van der Waals surface area contributed by atoms with E-state index < -0.39 is 34.3 Å². The fraction of sp³-hybridized carbons (Fsp3) is 0.440. The van der Waals surface area contributed by atoms with Crippen LogP contribution in [0.3, 0.4) is 0 Å². The summed E-state index contributed by atoms with van der Waals surface area (Å²) in [7, 11) is -2.47. The molecule has 0 radical (unpaired) electrons. The number of anilines is 1. The Hall–Kier alpha value is -3.14. The van der Waals surface area contributed by atoms with E-state index in [1.54, 1.807) is 31.2 Å². The Labute approximate surface area is 207 Å². The van der Waals surface area contributed by atoms with E-state index >= 15 is 0 Å². The molecule has 2 rings (SSSR count). The van der Waals surface area contributed by atoms with Crippen LogP contribution in [-0.4, -0.2) is 57.1 Å². The van der Waals surface area contributed by atoms with Crippen molar-refractivity contribution in [3.05, 3.63) is 59.9 Å². The van der Waals surface area contributed by atoms with Crippen LogP contribution in [0.15, 0.2) is 48.5 Å². The number of halogens is 1. The summed E-state index contributed by atoms with van der Waals surface area (Å²) in [4.78, 5) is 28.0. The monoisotopic (exact) mass is 507 g/mol. The summed E-state index contributed by atoms with van der Waals surface area (Å²) in [6.07, 6.45) is 2.02. The van der Waals surface area contributed by atoms with Crippen molar-refractivity contribution in [3.8, 4) is 5.75 Å². The van der Waals surface area contributed by atoms with Crippen molar-refractivity contribution >= 4 is 27.5 Å². The van der Waals surface area contributed by atoms with Crippen LogP contribution in [0.5, 0.6) is 5.75 Å². The summed E-state index contributed by atoms with van der Waals surface area (Å²) in [5, 5.41) is 2.90. The molecule has 10 heteroatoms. The molecule has 192 valence electrons. The van der Waals surface area contributed by atoms with E-state index in [2.05, 4.69) is 5.32 Å². The smallest absolute Gasteiger partial charge is 0.244 e. The van der Waals surface area contributed by atoms with Gasteiger partial charge in [0.2, 0.25) is 21.8 Å². The summed E-state index contributed by atoms with van der Waals surface area (Å²) in [5.41, 5.74) is 0.822. The molecule has 0 aliphatic rings. The lowest BCUT2D eigenvalue weighted by Gasteiger charge is -2.33. The zero-order chi connectivity index (χ0) is 26.2. The standard InChI is InChI=1S/C25H34FN3O5S/c1-6-18(3)27-25(31)21(7-2)28(16-19-12-14-20(26)15-13-19)24(30)17-29(35(5,32)33)22-10-8-9-11-23(22)34-4/h8-15,18,21H,6-7,16-17H2,1-5H3,(H,27,31)/t18-,21+/m1/s1. The first-order chi connectivity index (χ1) is 16.5. The maximum atomic E-state index is 13.6. The largest absolute Gasteiger partial charge is 0.495 e. The highest BCUT2D eigenvalue weighted by molar-refractivity contribution is 7.92. The van der Waals surface area contributed by atoms with Crippen molar-refractivity contribution in [1.82, 2.24) is 10.2 Å². The Morgan fingerprint density at radius 2 is 1.69 bits per heavy atom. The number of methoxy groups -OCH3 is 1. The molecule has 0 aliphatic heterocycles. The quantitative estimate of drug-likeness (QED) is 0.476. The molecule has 2 aromatic rings. The number of ether oxygens (including phenoxy) is 1. The topological polar surface area (TPSA) is 96.0 Å². The predicted molar refractivity (Wildman–Crippen MR) is 134 cm³/mol. The van der Waals surface area contributed by atoms with Crippen molar-refractivity contribution in [3.63, 3.8) is 0 Å². The first-order valence-electron chi connectivity index (χ1n) is 11.5. The highest BCUT2D eigenvalue weighted by Gasteiger charge is 2.32. The number of carbonyl (C=O) groups is 2. The minimum absolute atomic E-state index is 0.00900. The fourth-order valence-corrected chi connectivity index (χ4v) is 4.43. The van der Waals surface area contributed by atoms with Crippen molar-refractivity contribution in [1.29, 1.82) is 0 Å². The SMILES string of the molecule is CC[C@@H](C)NC(=O)[C@H](CC)N(Cc1ccc(F)cc1)C(=O)CN(c1ccccc1OC)S(C)(=O)=O. The van der Waals surface area contributed by atoms with E-state index in [9.17, 15) is 22.4 Å². The van der Waals surface area contributed by atoms with Gasteiger partial charge in [-0.05, 0) is 49.6 Å². The number of hydrogen-bond acceptors (Lipinski definition) is 5. The van der Waals surface area contributed by atoms with Gasteiger partial charge in [0.1, 0.15) is 24.2 Å². The number of benzene rings is 2. The van der Waals surface area contributed by atoms with Gasteiger partial charge >= 0.3 is 0 Å². The molecule has 0 unspecified atom stereocenters. The third-order valence-electron chi connectivity index (χ3n) is 5.69. The summed E-state index contributed by atoms with van der Waals surface area (Å²) in [5.74, 6) is -1.04. The lowest BCUT2D eigenvalue weighted by atomic mass is 10.1. The van der Waals surface area contributed by atoms with Crippen molar-refractivity contribution in [2.45, 2.75) is 52.2 Å². The van der Waals surface area contributed by atoms with E-state index in [1.807, 2.05) is 13.8 Å². The third-order valence-corrected chi connectivity index (χ3v) is 6.81. The van der Waals surface area contributed by atoms with Crippen LogP contribution >= 0.6 is 0 Å². The van der Waals surface area contributed by atoms with E-state index in [1.165, 1.54) is 36.3 Å². The second-order valence-corrected chi connectivity index (χ2v) is 10.2. The highest BCUT2D eigenvalue weighted by Crippen LogP contribution is 2.29. The van der Waals surface area contributed by atoms with E-state index in [4.69, 9.17) is 4.74 Å². The minimum Gasteiger partial charge on any atom is -0.495 e. The Morgan fingerprint density at radius 1 is 1.06 bits per heavy atom. The molecule has 2 aromatic carbocycles. The first-order valence-corrected chi connectivity index (χ1v) is 13.3. The number of hydrogen-bond donors (Lipinski definition) is 1. The van der Waals surface area contributed by atoms with Gasteiger partial charge in [0.15, 0.2) is 0 Å². The minimum atomic E-state index is -3.88. The normalized spacial score (nSPS) is 13.0. The molecule has 2 amide bonds. The van der Waals surface area contributed by atoms with E-state index in [0.717, 1.165) is 10.6 Å². The zero-order valence-corrected chi connectivity index (χ0v) is 21.6. The summed E-state index contributed by atoms with van der Waals surface area (Å²) in [6.45, 7) is 5.05. The van der Waals surface area contributed by atoms with Gasteiger partial charge in [-0.2, -0.15) is 0 Å². The van der Waals surface area contributed by atoms with Crippen LogP contribution in [0.1, 0.15) is 39.2 Å². The van der Waals surface area contributed by atoms with Crippen LogP contribution in [0.4, 0.5) is 10.1 Å². The van der Waals surface area contributed by atoms with Crippen LogP contribution < -0.4 is 14.4 Å².